The third-order valence-electron chi connectivity index (χ3n) is 4.37. The van der Waals surface area contributed by atoms with Crippen molar-refractivity contribution >= 4 is 17.2 Å². The van der Waals surface area contributed by atoms with Crippen LogP contribution in [0.3, 0.4) is 0 Å². The molecule has 0 fully saturated rings. The number of halogens is 1. The molecule has 0 saturated heterocycles. The molecule has 140 valence electrons. The summed E-state index contributed by atoms with van der Waals surface area (Å²) in [5.74, 6) is -0.378. The van der Waals surface area contributed by atoms with E-state index in [2.05, 4.69) is 5.32 Å². The summed E-state index contributed by atoms with van der Waals surface area (Å²) in [5.41, 5.74) is 2.34. The molecular formula is C21H21FN2O2S. The summed E-state index contributed by atoms with van der Waals surface area (Å²) < 4.78 is 14.6. The van der Waals surface area contributed by atoms with Crippen LogP contribution in [0.2, 0.25) is 0 Å². The Kier molecular flexibility index (Phi) is 5.86. The first-order valence-corrected chi connectivity index (χ1v) is 9.62. The molecule has 1 heterocycles. The first-order valence-electron chi connectivity index (χ1n) is 8.74. The van der Waals surface area contributed by atoms with Gasteiger partial charge in [0.1, 0.15) is 12.4 Å². The molecular weight excluding hydrogens is 363 g/mol. The summed E-state index contributed by atoms with van der Waals surface area (Å²) in [7, 11) is 0. The Balaban J connectivity index is 1.81. The summed E-state index contributed by atoms with van der Waals surface area (Å²) in [6, 6.07) is 15.5. The van der Waals surface area contributed by atoms with E-state index in [0.29, 0.717) is 11.3 Å². The maximum atomic E-state index is 13.2. The second-order valence-electron chi connectivity index (χ2n) is 6.68. The third kappa shape index (κ3) is 4.52. The fourth-order valence-corrected chi connectivity index (χ4v) is 3.75. The molecule has 0 bridgehead atoms. The minimum atomic E-state index is -0.344. The SMILES string of the molecule is CC(C)[C@@H](NC(=O)Cn1c(-c2ccc(F)cc2)csc1=O)c1ccccc1. The predicted octanol–water partition coefficient (Wildman–Crippen LogP) is 4.23. The Morgan fingerprint density at radius 3 is 2.41 bits per heavy atom. The van der Waals surface area contributed by atoms with E-state index in [0.717, 1.165) is 16.9 Å². The van der Waals surface area contributed by atoms with E-state index >= 15 is 0 Å². The minimum absolute atomic E-state index is 0.0783. The second-order valence-corrected chi connectivity index (χ2v) is 7.50. The molecule has 1 amide bonds. The Morgan fingerprint density at radius 2 is 1.78 bits per heavy atom. The Morgan fingerprint density at radius 1 is 1.11 bits per heavy atom. The van der Waals surface area contributed by atoms with E-state index in [9.17, 15) is 14.0 Å². The molecule has 0 saturated carbocycles. The molecule has 1 atom stereocenters. The number of carbonyl (C=O) groups is 1. The lowest BCUT2D eigenvalue weighted by Crippen LogP contribution is -2.36. The van der Waals surface area contributed by atoms with E-state index in [1.807, 2.05) is 44.2 Å². The van der Waals surface area contributed by atoms with Gasteiger partial charge in [-0.15, -0.1) is 0 Å². The highest BCUT2D eigenvalue weighted by Gasteiger charge is 2.20. The van der Waals surface area contributed by atoms with Crippen LogP contribution in [0, 0.1) is 11.7 Å². The van der Waals surface area contributed by atoms with Gasteiger partial charge in [-0.05, 0) is 41.3 Å². The van der Waals surface area contributed by atoms with E-state index < -0.39 is 0 Å². The minimum Gasteiger partial charge on any atom is -0.347 e. The van der Waals surface area contributed by atoms with Crippen molar-refractivity contribution < 1.29 is 9.18 Å². The summed E-state index contributed by atoms with van der Waals surface area (Å²) in [4.78, 5) is 24.7. The molecule has 3 rings (SSSR count). The number of thiazole rings is 1. The first-order chi connectivity index (χ1) is 13.0. The molecule has 3 aromatic rings. The number of hydrogen-bond acceptors (Lipinski definition) is 3. The monoisotopic (exact) mass is 384 g/mol. The zero-order valence-corrected chi connectivity index (χ0v) is 16.0. The summed E-state index contributed by atoms with van der Waals surface area (Å²) in [5, 5.41) is 4.73. The molecule has 0 aliphatic heterocycles. The lowest BCUT2D eigenvalue weighted by atomic mass is 9.96. The highest BCUT2D eigenvalue weighted by molar-refractivity contribution is 7.07. The van der Waals surface area contributed by atoms with E-state index in [1.54, 1.807) is 17.5 Å². The van der Waals surface area contributed by atoms with Crippen LogP contribution in [0.1, 0.15) is 25.5 Å². The number of benzene rings is 2. The molecule has 0 aliphatic carbocycles. The van der Waals surface area contributed by atoms with Crippen LogP contribution in [0.15, 0.2) is 64.8 Å². The summed E-state index contributed by atoms with van der Waals surface area (Å²) in [6.45, 7) is 4.00. The fourth-order valence-electron chi connectivity index (χ4n) is 2.98. The normalized spacial score (nSPS) is 12.1. The van der Waals surface area contributed by atoms with Gasteiger partial charge in [-0.3, -0.25) is 14.2 Å². The number of hydrogen-bond donors (Lipinski definition) is 1. The summed E-state index contributed by atoms with van der Waals surface area (Å²) >= 11 is 1.03. The van der Waals surface area contributed by atoms with Gasteiger partial charge in [0.2, 0.25) is 5.91 Å². The van der Waals surface area contributed by atoms with Crippen LogP contribution >= 0.6 is 11.3 Å². The largest absolute Gasteiger partial charge is 0.347 e. The second kappa shape index (κ2) is 8.31. The lowest BCUT2D eigenvalue weighted by Gasteiger charge is -2.23. The van der Waals surface area contributed by atoms with Crippen molar-refractivity contribution in [3.8, 4) is 11.3 Å². The van der Waals surface area contributed by atoms with Crippen LogP contribution in [0.25, 0.3) is 11.3 Å². The topological polar surface area (TPSA) is 51.1 Å². The number of carbonyl (C=O) groups excluding carboxylic acids is 1. The van der Waals surface area contributed by atoms with Crippen molar-refractivity contribution in [1.29, 1.82) is 0 Å². The van der Waals surface area contributed by atoms with Crippen LogP contribution < -0.4 is 10.2 Å². The predicted molar refractivity (Wildman–Crippen MR) is 106 cm³/mol. The number of nitrogens with zero attached hydrogens (tertiary/aromatic N) is 1. The van der Waals surface area contributed by atoms with Crippen molar-refractivity contribution in [2.45, 2.75) is 26.4 Å². The quantitative estimate of drug-likeness (QED) is 0.691. The molecule has 27 heavy (non-hydrogen) atoms. The van der Waals surface area contributed by atoms with Gasteiger partial charge in [-0.25, -0.2) is 4.39 Å². The van der Waals surface area contributed by atoms with Crippen LogP contribution in [0.4, 0.5) is 4.39 Å². The number of rotatable bonds is 6. The highest BCUT2D eigenvalue weighted by atomic mass is 32.1. The number of nitrogens with one attached hydrogen (secondary N) is 1. The van der Waals surface area contributed by atoms with Gasteiger partial charge in [0.25, 0.3) is 0 Å². The van der Waals surface area contributed by atoms with Crippen molar-refractivity contribution in [2.24, 2.45) is 5.92 Å². The molecule has 0 aliphatic rings. The standard InChI is InChI=1S/C21H21FN2O2S/c1-14(2)20(16-6-4-3-5-7-16)23-19(25)12-24-18(13-27-21(24)26)15-8-10-17(22)11-9-15/h3-11,13-14,20H,12H2,1-2H3,(H,23,25)/t20-/m1/s1. The third-order valence-corrected chi connectivity index (χ3v) is 5.13. The molecule has 1 N–H and O–H groups in total. The average Bonchev–Trinajstić information content (AvgIpc) is 3.01. The Hall–Kier alpha value is -2.73. The van der Waals surface area contributed by atoms with Crippen molar-refractivity contribution in [3.63, 3.8) is 0 Å². The average molecular weight is 384 g/mol. The van der Waals surface area contributed by atoms with Crippen LogP contribution in [0.5, 0.6) is 0 Å². The molecule has 2 aromatic carbocycles. The van der Waals surface area contributed by atoms with E-state index in [1.165, 1.54) is 16.7 Å². The van der Waals surface area contributed by atoms with Crippen LogP contribution in [-0.4, -0.2) is 10.5 Å². The van der Waals surface area contributed by atoms with Gasteiger partial charge in [0, 0.05) is 5.38 Å². The number of aromatic nitrogens is 1. The van der Waals surface area contributed by atoms with Gasteiger partial charge in [0.05, 0.1) is 11.7 Å². The fraction of sp³-hybridized carbons (Fsp3) is 0.238. The van der Waals surface area contributed by atoms with E-state index in [-0.39, 0.29) is 35.1 Å². The van der Waals surface area contributed by atoms with Crippen molar-refractivity contribution in [1.82, 2.24) is 9.88 Å². The molecule has 0 radical (unpaired) electrons. The van der Waals surface area contributed by atoms with Crippen LogP contribution in [-0.2, 0) is 11.3 Å². The lowest BCUT2D eigenvalue weighted by molar-refractivity contribution is -0.122. The zero-order valence-electron chi connectivity index (χ0n) is 15.2. The first kappa shape index (κ1) is 19.0. The molecule has 1 aromatic heterocycles. The Labute approximate surface area is 161 Å². The zero-order chi connectivity index (χ0) is 19.4. The van der Waals surface area contributed by atoms with E-state index in [4.69, 9.17) is 0 Å². The van der Waals surface area contributed by atoms with Gasteiger partial charge < -0.3 is 5.32 Å². The van der Waals surface area contributed by atoms with Crippen molar-refractivity contribution in [2.75, 3.05) is 0 Å². The Bertz CT molecular complexity index is 962. The van der Waals surface area contributed by atoms with Gasteiger partial charge in [-0.1, -0.05) is 55.5 Å². The summed E-state index contributed by atoms with van der Waals surface area (Å²) in [6.07, 6.45) is 0. The maximum Gasteiger partial charge on any atom is 0.308 e. The maximum absolute atomic E-state index is 13.2. The van der Waals surface area contributed by atoms with Crippen molar-refractivity contribution in [3.05, 3.63) is 81.0 Å². The van der Waals surface area contributed by atoms with Gasteiger partial charge >= 0.3 is 4.87 Å². The number of amides is 1. The molecule has 0 unspecified atom stereocenters. The molecule has 6 heteroatoms. The van der Waals surface area contributed by atoms with Gasteiger partial charge in [0.15, 0.2) is 0 Å². The smallest absolute Gasteiger partial charge is 0.308 e. The molecule has 0 spiro atoms. The molecule has 4 nitrogen and oxygen atoms in total. The highest BCUT2D eigenvalue weighted by Crippen LogP contribution is 2.23. The van der Waals surface area contributed by atoms with Gasteiger partial charge in [-0.2, -0.15) is 0 Å².